The molecular weight excluding hydrogens is 362 g/mol. The molecule has 0 saturated carbocycles. The number of hydrogen-bond donors (Lipinski definition) is 1. The number of benzene rings is 1. The topological polar surface area (TPSA) is 90.5 Å². The summed E-state index contributed by atoms with van der Waals surface area (Å²) in [6.45, 7) is 2.06. The molecule has 3 aromatic heterocycles. The van der Waals surface area contributed by atoms with Gasteiger partial charge in [-0.1, -0.05) is 29.5 Å². The summed E-state index contributed by atoms with van der Waals surface area (Å²) in [5.74, 6) is 0.485. The van der Waals surface area contributed by atoms with Crippen LogP contribution in [-0.4, -0.2) is 35.7 Å². The van der Waals surface area contributed by atoms with Crippen LogP contribution in [0.1, 0.15) is 5.01 Å². The minimum Gasteiger partial charge on any atom is -0.309 e. The molecule has 0 atom stereocenters. The normalized spacial score (nSPS) is 10.9. The predicted molar refractivity (Wildman–Crippen MR) is 103 cm³/mol. The summed E-state index contributed by atoms with van der Waals surface area (Å²) in [5.41, 5.74) is 2.96. The zero-order valence-electron chi connectivity index (χ0n) is 14.8. The van der Waals surface area contributed by atoms with Gasteiger partial charge in [0.15, 0.2) is 0 Å². The lowest BCUT2D eigenvalue weighted by Crippen LogP contribution is -2.20. The van der Waals surface area contributed by atoms with E-state index < -0.39 is 0 Å². The highest BCUT2D eigenvalue weighted by Gasteiger charge is 2.10. The van der Waals surface area contributed by atoms with Gasteiger partial charge in [-0.2, -0.15) is 10.2 Å². The molecule has 8 nitrogen and oxygen atoms in total. The number of rotatable bonds is 5. The van der Waals surface area contributed by atoms with E-state index in [4.69, 9.17) is 0 Å². The summed E-state index contributed by atoms with van der Waals surface area (Å²) in [7, 11) is 1.77. The van der Waals surface area contributed by atoms with E-state index >= 15 is 0 Å². The van der Waals surface area contributed by atoms with Crippen LogP contribution in [0.25, 0.3) is 21.7 Å². The lowest BCUT2D eigenvalue weighted by molar-refractivity contribution is -0.116. The Kier molecular flexibility index (Phi) is 4.51. The first-order valence-corrected chi connectivity index (χ1v) is 9.11. The minimum atomic E-state index is -0.161. The van der Waals surface area contributed by atoms with Crippen molar-refractivity contribution in [2.75, 3.05) is 5.32 Å². The molecule has 0 aliphatic carbocycles. The first-order chi connectivity index (χ1) is 13.1. The fourth-order valence-corrected chi connectivity index (χ4v) is 3.36. The molecule has 1 N–H and O–H groups in total. The second-order valence-corrected chi connectivity index (χ2v) is 7.20. The highest BCUT2D eigenvalue weighted by molar-refractivity contribution is 7.14. The number of aryl methyl sites for hydroxylation is 2. The Morgan fingerprint density at radius 1 is 1.15 bits per heavy atom. The molecule has 0 aliphatic heterocycles. The third-order valence-electron chi connectivity index (χ3n) is 4.00. The van der Waals surface area contributed by atoms with Gasteiger partial charge in [-0.3, -0.25) is 14.2 Å². The van der Waals surface area contributed by atoms with E-state index in [9.17, 15) is 4.79 Å². The van der Waals surface area contributed by atoms with Crippen LogP contribution >= 0.6 is 11.3 Å². The molecule has 27 heavy (non-hydrogen) atoms. The zero-order valence-corrected chi connectivity index (χ0v) is 15.6. The van der Waals surface area contributed by atoms with Crippen molar-refractivity contribution in [2.24, 2.45) is 7.05 Å². The lowest BCUT2D eigenvalue weighted by Gasteiger charge is -2.05. The standard InChI is InChI=1S/C18H17N7OS/c1-12-22-23-18(27-12)14-5-3-4-13(8-14)15-9-20-25(10-15)11-17(26)21-16-6-7-19-24(16)2/h3-10H,11H2,1-2H3,(H,21,26). The van der Waals surface area contributed by atoms with Crippen molar-refractivity contribution in [3.05, 3.63) is 53.9 Å². The smallest absolute Gasteiger partial charge is 0.247 e. The Morgan fingerprint density at radius 2 is 2.00 bits per heavy atom. The van der Waals surface area contributed by atoms with Crippen molar-refractivity contribution in [3.63, 3.8) is 0 Å². The van der Waals surface area contributed by atoms with Crippen molar-refractivity contribution in [1.29, 1.82) is 0 Å². The average Bonchev–Trinajstić information content (AvgIpc) is 3.38. The van der Waals surface area contributed by atoms with E-state index in [1.165, 1.54) is 0 Å². The Bertz CT molecular complexity index is 1090. The Morgan fingerprint density at radius 3 is 2.74 bits per heavy atom. The molecule has 0 saturated heterocycles. The molecule has 1 aromatic carbocycles. The number of amides is 1. The van der Waals surface area contributed by atoms with Crippen LogP contribution in [0.5, 0.6) is 0 Å². The van der Waals surface area contributed by atoms with Crippen molar-refractivity contribution in [1.82, 2.24) is 29.8 Å². The Labute approximate surface area is 159 Å². The monoisotopic (exact) mass is 379 g/mol. The molecule has 0 spiro atoms. The molecule has 4 aromatic rings. The zero-order chi connectivity index (χ0) is 18.8. The number of carbonyl (C=O) groups is 1. The maximum absolute atomic E-state index is 12.2. The number of aromatic nitrogens is 6. The van der Waals surface area contributed by atoms with Gasteiger partial charge < -0.3 is 5.32 Å². The van der Waals surface area contributed by atoms with E-state index in [1.807, 2.05) is 31.3 Å². The van der Waals surface area contributed by atoms with Gasteiger partial charge >= 0.3 is 0 Å². The van der Waals surface area contributed by atoms with Crippen LogP contribution in [0.4, 0.5) is 5.82 Å². The maximum atomic E-state index is 12.2. The van der Waals surface area contributed by atoms with Crippen molar-refractivity contribution in [2.45, 2.75) is 13.5 Å². The fraction of sp³-hybridized carbons (Fsp3) is 0.167. The number of nitrogens with zero attached hydrogens (tertiary/aromatic N) is 6. The fourth-order valence-electron chi connectivity index (χ4n) is 2.67. The summed E-state index contributed by atoms with van der Waals surface area (Å²) in [6, 6.07) is 9.79. The van der Waals surface area contributed by atoms with E-state index in [0.29, 0.717) is 5.82 Å². The predicted octanol–water partition coefficient (Wildman–Crippen LogP) is 2.75. The first-order valence-electron chi connectivity index (χ1n) is 8.30. The molecule has 0 bridgehead atoms. The molecular formula is C18H17N7OS. The van der Waals surface area contributed by atoms with Crippen LogP contribution in [0.2, 0.25) is 0 Å². The summed E-state index contributed by atoms with van der Waals surface area (Å²) < 4.78 is 3.22. The van der Waals surface area contributed by atoms with Crippen LogP contribution in [0.3, 0.4) is 0 Å². The van der Waals surface area contributed by atoms with Crippen LogP contribution in [0.15, 0.2) is 48.9 Å². The third kappa shape index (κ3) is 3.77. The van der Waals surface area contributed by atoms with Gasteiger partial charge in [-0.25, -0.2) is 0 Å². The van der Waals surface area contributed by atoms with Crippen LogP contribution in [0, 0.1) is 6.92 Å². The van der Waals surface area contributed by atoms with Gasteiger partial charge in [0.2, 0.25) is 5.91 Å². The summed E-state index contributed by atoms with van der Waals surface area (Å²) in [5, 5.41) is 21.2. The maximum Gasteiger partial charge on any atom is 0.247 e. The van der Waals surface area contributed by atoms with E-state index in [1.54, 1.807) is 46.2 Å². The summed E-state index contributed by atoms with van der Waals surface area (Å²) in [4.78, 5) is 12.2. The third-order valence-corrected chi connectivity index (χ3v) is 4.88. The van der Waals surface area contributed by atoms with Gasteiger partial charge in [-0.05, 0) is 18.6 Å². The quantitative estimate of drug-likeness (QED) is 0.576. The minimum absolute atomic E-state index is 0.125. The Balaban J connectivity index is 1.49. The van der Waals surface area contributed by atoms with Crippen LogP contribution in [-0.2, 0) is 18.4 Å². The van der Waals surface area contributed by atoms with Gasteiger partial charge in [0, 0.05) is 30.4 Å². The molecule has 0 radical (unpaired) electrons. The van der Waals surface area contributed by atoms with Gasteiger partial charge in [0.1, 0.15) is 22.4 Å². The molecule has 1 amide bonds. The Hall–Kier alpha value is -3.33. The number of anilines is 1. The molecule has 136 valence electrons. The van der Waals surface area contributed by atoms with Crippen LogP contribution < -0.4 is 5.32 Å². The molecule has 3 heterocycles. The van der Waals surface area contributed by atoms with Gasteiger partial charge in [0.25, 0.3) is 0 Å². The van der Waals surface area contributed by atoms with E-state index in [-0.39, 0.29) is 12.5 Å². The molecule has 0 unspecified atom stereocenters. The van der Waals surface area contributed by atoms with Crippen molar-refractivity contribution < 1.29 is 4.79 Å². The largest absolute Gasteiger partial charge is 0.309 e. The summed E-state index contributed by atoms with van der Waals surface area (Å²) in [6.07, 6.45) is 5.24. The second-order valence-electron chi connectivity index (χ2n) is 6.02. The SMILES string of the molecule is Cc1nnc(-c2cccc(-c3cnn(CC(=O)Nc4ccnn4C)c3)c2)s1. The van der Waals surface area contributed by atoms with E-state index in [2.05, 4.69) is 31.8 Å². The van der Waals surface area contributed by atoms with E-state index in [0.717, 1.165) is 26.7 Å². The molecule has 9 heteroatoms. The lowest BCUT2D eigenvalue weighted by atomic mass is 10.1. The number of carbonyl (C=O) groups excluding carboxylic acids is 1. The van der Waals surface area contributed by atoms with Gasteiger partial charge in [-0.15, -0.1) is 10.2 Å². The molecule has 4 rings (SSSR count). The molecule has 0 fully saturated rings. The van der Waals surface area contributed by atoms with Crippen molar-refractivity contribution in [3.8, 4) is 21.7 Å². The highest BCUT2D eigenvalue weighted by Crippen LogP contribution is 2.28. The first kappa shape index (κ1) is 17.1. The van der Waals surface area contributed by atoms with Gasteiger partial charge in [0.05, 0.1) is 12.4 Å². The number of hydrogen-bond acceptors (Lipinski definition) is 6. The highest BCUT2D eigenvalue weighted by atomic mass is 32.1. The average molecular weight is 379 g/mol. The van der Waals surface area contributed by atoms with Crippen molar-refractivity contribution >= 4 is 23.1 Å². The summed E-state index contributed by atoms with van der Waals surface area (Å²) >= 11 is 1.56. The second kappa shape index (κ2) is 7.12. The molecule has 0 aliphatic rings. The number of nitrogens with one attached hydrogen (secondary N) is 1.